The largest absolute Gasteiger partial charge is 0.361 e. The standard InChI is InChI=1S/C27H36N4O2/c1-20(2)31(26(33)29-27(3,4)5)19-25(32)30(18-21-11-7-6-8-12-21)16-15-22-17-28-24-14-10-9-13-23(22)24/h6-14,17,20,28H,15-16,18-19H2,1-5H3,(H,29,33). The maximum Gasteiger partial charge on any atom is 0.318 e. The zero-order chi connectivity index (χ0) is 24.0. The molecule has 2 N–H and O–H groups in total. The minimum atomic E-state index is -0.369. The van der Waals surface area contributed by atoms with Crippen molar-refractivity contribution in [3.63, 3.8) is 0 Å². The van der Waals surface area contributed by atoms with Crippen molar-refractivity contribution in [3.05, 3.63) is 71.9 Å². The van der Waals surface area contributed by atoms with Gasteiger partial charge in [0.25, 0.3) is 0 Å². The van der Waals surface area contributed by atoms with Gasteiger partial charge in [0.1, 0.15) is 6.54 Å². The van der Waals surface area contributed by atoms with Gasteiger partial charge in [-0.2, -0.15) is 0 Å². The number of nitrogens with one attached hydrogen (secondary N) is 2. The molecule has 0 spiro atoms. The number of aromatic amines is 1. The molecule has 6 heteroatoms. The van der Waals surface area contributed by atoms with Gasteiger partial charge in [-0.25, -0.2) is 4.79 Å². The molecule has 0 radical (unpaired) electrons. The van der Waals surface area contributed by atoms with Crippen molar-refractivity contribution in [3.8, 4) is 0 Å². The van der Waals surface area contributed by atoms with Crippen LogP contribution in [0.1, 0.15) is 45.7 Å². The quantitative estimate of drug-likeness (QED) is 0.512. The number of benzene rings is 2. The molecule has 0 fully saturated rings. The van der Waals surface area contributed by atoms with E-state index in [-0.39, 0.29) is 30.1 Å². The van der Waals surface area contributed by atoms with Gasteiger partial charge in [-0.1, -0.05) is 48.5 Å². The summed E-state index contributed by atoms with van der Waals surface area (Å²) in [5.41, 5.74) is 2.98. The lowest BCUT2D eigenvalue weighted by Gasteiger charge is -2.33. The molecule has 0 saturated carbocycles. The Balaban J connectivity index is 1.77. The van der Waals surface area contributed by atoms with E-state index in [0.29, 0.717) is 13.1 Å². The highest BCUT2D eigenvalue weighted by molar-refractivity contribution is 5.85. The Morgan fingerprint density at radius 1 is 1.00 bits per heavy atom. The third kappa shape index (κ3) is 6.85. The van der Waals surface area contributed by atoms with E-state index < -0.39 is 0 Å². The van der Waals surface area contributed by atoms with E-state index >= 15 is 0 Å². The Morgan fingerprint density at radius 2 is 1.67 bits per heavy atom. The number of hydrogen-bond donors (Lipinski definition) is 2. The molecule has 1 heterocycles. The molecule has 176 valence electrons. The first-order valence-electron chi connectivity index (χ1n) is 11.6. The molecule has 3 amide bonds. The van der Waals surface area contributed by atoms with Gasteiger partial charge in [-0.15, -0.1) is 0 Å². The first-order chi connectivity index (χ1) is 15.6. The molecule has 0 aliphatic rings. The summed E-state index contributed by atoms with van der Waals surface area (Å²) in [6, 6.07) is 17.9. The molecule has 0 atom stereocenters. The highest BCUT2D eigenvalue weighted by atomic mass is 16.2. The molecule has 0 aliphatic carbocycles. The number of amides is 3. The van der Waals surface area contributed by atoms with E-state index in [9.17, 15) is 9.59 Å². The van der Waals surface area contributed by atoms with Crippen molar-refractivity contribution in [2.75, 3.05) is 13.1 Å². The number of fused-ring (bicyclic) bond motifs is 1. The number of hydrogen-bond acceptors (Lipinski definition) is 2. The normalized spacial score (nSPS) is 11.6. The second kappa shape index (κ2) is 10.6. The fraction of sp³-hybridized carbons (Fsp3) is 0.407. The minimum absolute atomic E-state index is 0.0420. The fourth-order valence-corrected chi connectivity index (χ4v) is 3.82. The Hall–Kier alpha value is -3.28. The summed E-state index contributed by atoms with van der Waals surface area (Å²) >= 11 is 0. The average molecular weight is 449 g/mol. The van der Waals surface area contributed by atoms with Crippen molar-refractivity contribution >= 4 is 22.8 Å². The number of nitrogens with zero attached hydrogens (tertiary/aromatic N) is 2. The van der Waals surface area contributed by atoms with Crippen LogP contribution in [0.5, 0.6) is 0 Å². The third-order valence-electron chi connectivity index (χ3n) is 5.57. The van der Waals surface area contributed by atoms with E-state index in [1.165, 1.54) is 10.9 Å². The average Bonchev–Trinajstić information content (AvgIpc) is 3.17. The van der Waals surface area contributed by atoms with Crippen LogP contribution in [0, 0.1) is 0 Å². The summed E-state index contributed by atoms with van der Waals surface area (Å²) in [5.74, 6) is -0.0588. The number of carbonyl (C=O) groups excluding carboxylic acids is 2. The molecule has 6 nitrogen and oxygen atoms in total. The SMILES string of the molecule is CC(C)N(CC(=O)N(CCc1c[nH]c2ccccc12)Cc1ccccc1)C(=O)NC(C)(C)C. The van der Waals surface area contributed by atoms with E-state index in [0.717, 1.165) is 17.5 Å². The molecular weight excluding hydrogens is 412 g/mol. The van der Waals surface area contributed by atoms with Gasteiger partial charge < -0.3 is 20.1 Å². The number of carbonyl (C=O) groups is 2. The first-order valence-corrected chi connectivity index (χ1v) is 11.6. The number of aromatic nitrogens is 1. The predicted octanol–water partition coefficient (Wildman–Crippen LogP) is 4.96. The van der Waals surface area contributed by atoms with Gasteiger partial charge in [0.2, 0.25) is 5.91 Å². The van der Waals surface area contributed by atoms with Crippen molar-refractivity contribution in [2.45, 2.75) is 59.2 Å². The summed E-state index contributed by atoms with van der Waals surface area (Å²) in [6.45, 7) is 10.8. The van der Waals surface area contributed by atoms with E-state index in [1.807, 2.05) is 88.2 Å². The van der Waals surface area contributed by atoms with Crippen molar-refractivity contribution < 1.29 is 9.59 Å². The van der Waals surface area contributed by atoms with Crippen LogP contribution < -0.4 is 5.32 Å². The Morgan fingerprint density at radius 3 is 2.33 bits per heavy atom. The molecule has 3 aromatic rings. The van der Waals surface area contributed by atoms with Gasteiger partial charge in [0.05, 0.1) is 0 Å². The number of H-pyrrole nitrogens is 1. The van der Waals surface area contributed by atoms with Crippen LogP contribution in [-0.4, -0.2) is 51.4 Å². The summed E-state index contributed by atoms with van der Waals surface area (Å²) < 4.78 is 0. The van der Waals surface area contributed by atoms with E-state index in [4.69, 9.17) is 0 Å². The molecular formula is C27H36N4O2. The molecule has 0 aliphatic heterocycles. The van der Waals surface area contributed by atoms with Crippen LogP contribution in [0.4, 0.5) is 4.79 Å². The van der Waals surface area contributed by atoms with Crippen molar-refractivity contribution in [2.24, 2.45) is 0 Å². The molecule has 1 aromatic heterocycles. The van der Waals surface area contributed by atoms with Gasteiger partial charge in [-0.3, -0.25) is 4.79 Å². The minimum Gasteiger partial charge on any atom is -0.361 e. The van der Waals surface area contributed by atoms with Gasteiger partial charge in [-0.05, 0) is 58.2 Å². The number of urea groups is 1. The van der Waals surface area contributed by atoms with Crippen LogP contribution in [0.15, 0.2) is 60.8 Å². The number of rotatable bonds is 8. The smallest absolute Gasteiger partial charge is 0.318 e. The fourth-order valence-electron chi connectivity index (χ4n) is 3.82. The van der Waals surface area contributed by atoms with Gasteiger partial charge in [0, 0.05) is 41.8 Å². The third-order valence-corrected chi connectivity index (χ3v) is 5.57. The highest BCUT2D eigenvalue weighted by Crippen LogP contribution is 2.19. The second-order valence-electron chi connectivity index (χ2n) is 9.81. The van der Waals surface area contributed by atoms with Crippen molar-refractivity contribution in [1.29, 1.82) is 0 Å². The van der Waals surface area contributed by atoms with Crippen molar-refractivity contribution in [1.82, 2.24) is 20.1 Å². The predicted molar refractivity (Wildman–Crippen MR) is 134 cm³/mol. The zero-order valence-electron chi connectivity index (χ0n) is 20.4. The molecule has 0 unspecified atom stereocenters. The summed E-state index contributed by atoms with van der Waals surface area (Å²) in [7, 11) is 0. The first kappa shape index (κ1) is 24.4. The summed E-state index contributed by atoms with van der Waals surface area (Å²) in [4.78, 5) is 33.1. The van der Waals surface area contributed by atoms with Crippen LogP contribution in [0.2, 0.25) is 0 Å². The molecule has 0 bridgehead atoms. The molecule has 2 aromatic carbocycles. The van der Waals surface area contributed by atoms with E-state index in [2.05, 4.69) is 22.4 Å². The molecule has 0 saturated heterocycles. The van der Waals surface area contributed by atoms with Gasteiger partial charge in [0.15, 0.2) is 0 Å². The zero-order valence-corrected chi connectivity index (χ0v) is 20.4. The number of para-hydroxylation sites is 1. The van der Waals surface area contributed by atoms with Crippen LogP contribution in [0.3, 0.4) is 0 Å². The summed E-state index contributed by atoms with van der Waals surface area (Å²) in [6.07, 6.45) is 2.76. The lowest BCUT2D eigenvalue weighted by molar-refractivity contribution is -0.132. The second-order valence-corrected chi connectivity index (χ2v) is 9.81. The maximum absolute atomic E-state index is 13.5. The lowest BCUT2D eigenvalue weighted by atomic mass is 10.1. The lowest BCUT2D eigenvalue weighted by Crippen LogP contribution is -2.53. The van der Waals surface area contributed by atoms with Crippen LogP contribution >= 0.6 is 0 Å². The highest BCUT2D eigenvalue weighted by Gasteiger charge is 2.26. The monoisotopic (exact) mass is 448 g/mol. The topological polar surface area (TPSA) is 68.4 Å². The molecule has 3 rings (SSSR count). The maximum atomic E-state index is 13.5. The Bertz CT molecular complexity index is 1070. The Kier molecular flexibility index (Phi) is 7.79. The Labute approximate surface area is 197 Å². The van der Waals surface area contributed by atoms with Crippen LogP contribution in [0.25, 0.3) is 10.9 Å². The molecule has 33 heavy (non-hydrogen) atoms. The van der Waals surface area contributed by atoms with E-state index in [1.54, 1.807) is 4.90 Å². The summed E-state index contributed by atoms with van der Waals surface area (Å²) in [5, 5.41) is 4.16. The van der Waals surface area contributed by atoms with Gasteiger partial charge >= 0.3 is 6.03 Å². The van der Waals surface area contributed by atoms with Crippen LogP contribution in [-0.2, 0) is 17.8 Å².